The van der Waals surface area contributed by atoms with Crippen molar-refractivity contribution in [3.8, 4) is 0 Å². The van der Waals surface area contributed by atoms with Crippen LogP contribution >= 0.6 is 0 Å². The van der Waals surface area contributed by atoms with E-state index in [4.69, 9.17) is 0 Å². The van der Waals surface area contributed by atoms with Crippen LogP contribution in [-0.2, 0) is 11.2 Å². The van der Waals surface area contributed by atoms with Crippen molar-refractivity contribution in [2.45, 2.75) is 64.8 Å². The second kappa shape index (κ2) is 16.0. The van der Waals surface area contributed by atoms with Gasteiger partial charge in [-0.25, -0.2) is 17.6 Å². The van der Waals surface area contributed by atoms with Gasteiger partial charge in [0, 0.05) is 49.1 Å². The zero-order valence-electron chi connectivity index (χ0n) is 23.1. The monoisotopic (exact) mass is 564 g/mol. The summed E-state index contributed by atoms with van der Waals surface area (Å²) in [6.07, 6.45) is -1.46. The van der Waals surface area contributed by atoms with E-state index in [-0.39, 0.29) is 11.5 Å². The minimum atomic E-state index is -4.19. The maximum Gasteiger partial charge on any atom is 0.309 e. The average Bonchev–Trinajstić information content (AvgIpc) is 2.92. The standard InChI is InChI=1S/C30H38F4N3O3/c1-4-16-37(17-5-2)28(40)24-13-9-12-23(20-24)27(39)36-25(19-22-10-7-6-8-11-22)18-21(3)26(38)35-15-14-30(33,34)29(31)32/h6-13,18,20-21,25,29H,4-5,14-17,19H2,1-3H3,(H,35,38)(H,36,39)/t21?,25-/m1/s1. The van der Waals surface area contributed by atoms with Crippen LogP contribution in [0.3, 0.4) is 0 Å². The summed E-state index contributed by atoms with van der Waals surface area (Å²) in [6, 6.07) is 15.0. The molecule has 0 fully saturated rings. The highest BCUT2D eigenvalue weighted by molar-refractivity contribution is 5.99. The normalized spacial score (nSPS) is 13.0. The fourth-order valence-electron chi connectivity index (χ4n) is 4.18. The Morgan fingerprint density at radius 1 is 0.950 bits per heavy atom. The van der Waals surface area contributed by atoms with Crippen LogP contribution in [0.25, 0.3) is 0 Å². The summed E-state index contributed by atoms with van der Waals surface area (Å²) in [5.74, 6) is -6.25. The summed E-state index contributed by atoms with van der Waals surface area (Å²) in [7, 11) is 0. The highest BCUT2D eigenvalue weighted by Crippen LogP contribution is 2.26. The molecule has 219 valence electrons. The van der Waals surface area contributed by atoms with Gasteiger partial charge in [-0.15, -0.1) is 0 Å². The lowest BCUT2D eigenvalue weighted by Crippen LogP contribution is -2.42. The van der Waals surface area contributed by atoms with Gasteiger partial charge in [-0.1, -0.05) is 57.2 Å². The molecule has 6 nitrogen and oxygen atoms in total. The van der Waals surface area contributed by atoms with Crippen molar-refractivity contribution in [3.63, 3.8) is 0 Å². The van der Waals surface area contributed by atoms with Crippen LogP contribution in [0.15, 0.2) is 54.6 Å². The highest BCUT2D eigenvalue weighted by Gasteiger charge is 2.40. The van der Waals surface area contributed by atoms with Gasteiger partial charge >= 0.3 is 12.3 Å². The summed E-state index contributed by atoms with van der Waals surface area (Å²) in [4.78, 5) is 40.5. The lowest BCUT2D eigenvalue weighted by Gasteiger charge is -2.23. The molecule has 2 atom stereocenters. The van der Waals surface area contributed by atoms with Crippen LogP contribution in [0.5, 0.6) is 0 Å². The van der Waals surface area contributed by atoms with E-state index in [1.165, 1.54) is 13.0 Å². The van der Waals surface area contributed by atoms with E-state index in [9.17, 15) is 31.9 Å². The Kier molecular flexibility index (Phi) is 13.1. The number of hydrogen-bond acceptors (Lipinski definition) is 3. The third kappa shape index (κ3) is 10.3. The van der Waals surface area contributed by atoms with Gasteiger partial charge in [0.2, 0.25) is 5.91 Å². The molecule has 1 unspecified atom stereocenters. The van der Waals surface area contributed by atoms with Crippen LogP contribution in [-0.4, -0.2) is 60.6 Å². The molecule has 0 saturated heterocycles. The number of hydrogen-bond donors (Lipinski definition) is 2. The molecule has 3 amide bonds. The van der Waals surface area contributed by atoms with Gasteiger partial charge < -0.3 is 15.5 Å². The molecule has 1 radical (unpaired) electrons. The molecular formula is C30H38F4N3O3. The Bertz CT molecular complexity index is 1090. The molecule has 2 aromatic carbocycles. The minimum Gasteiger partial charge on any atom is -0.356 e. The average molecular weight is 565 g/mol. The van der Waals surface area contributed by atoms with Gasteiger partial charge in [0.1, 0.15) is 0 Å². The number of benzene rings is 2. The number of carbonyl (C=O) groups is 3. The largest absolute Gasteiger partial charge is 0.356 e. The van der Waals surface area contributed by atoms with E-state index in [0.29, 0.717) is 25.1 Å². The number of nitrogens with zero attached hydrogens (tertiary/aromatic N) is 1. The molecule has 0 heterocycles. The Labute approximate surface area is 233 Å². The van der Waals surface area contributed by atoms with E-state index >= 15 is 0 Å². The molecule has 40 heavy (non-hydrogen) atoms. The topological polar surface area (TPSA) is 78.5 Å². The van der Waals surface area contributed by atoms with E-state index in [1.807, 2.05) is 44.2 Å². The third-order valence-corrected chi connectivity index (χ3v) is 6.27. The first-order valence-electron chi connectivity index (χ1n) is 13.5. The molecule has 0 aliphatic heterocycles. The van der Waals surface area contributed by atoms with Crippen molar-refractivity contribution in [1.29, 1.82) is 0 Å². The Morgan fingerprint density at radius 2 is 1.57 bits per heavy atom. The molecule has 0 aromatic heterocycles. The van der Waals surface area contributed by atoms with Crippen LogP contribution in [0.2, 0.25) is 0 Å². The summed E-state index contributed by atoms with van der Waals surface area (Å²) in [5, 5.41) is 5.15. The van der Waals surface area contributed by atoms with Crippen molar-refractivity contribution in [3.05, 3.63) is 77.7 Å². The van der Waals surface area contributed by atoms with Crippen LogP contribution in [0.1, 0.15) is 66.3 Å². The molecule has 0 spiro atoms. The Hall–Kier alpha value is -3.43. The molecule has 0 bridgehead atoms. The predicted octanol–water partition coefficient (Wildman–Crippen LogP) is 5.54. The molecule has 0 aliphatic carbocycles. The first kappa shape index (κ1) is 32.8. The van der Waals surface area contributed by atoms with Gasteiger partial charge in [-0.2, -0.15) is 0 Å². The van der Waals surface area contributed by atoms with Crippen molar-refractivity contribution < 1.29 is 31.9 Å². The van der Waals surface area contributed by atoms with Crippen LogP contribution in [0, 0.1) is 12.3 Å². The molecule has 0 aliphatic rings. The molecule has 0 saturated carbocycles. The zero-order valence-corrected chi connectivity index (χ0v) is 23.1. The molecule has 2 N–H and O–H groups in total. The first-order valence-corrected chi connectivity index (χ1v) is 13.5. The zero-order chi connectivity index (χ0) is 29.7. The summed E-state index contributed by atoms with van der Waals surface area (Å²) in [5.41, 5.74) is 1.55. The second-order valence-electron chi connectivity index (χ2n) is 9.73. The number of alkyl halides is 4. The van der Waals surface area contributed by atoms with Crippen molar-refractivity contribution in [2.24, 2.45) is 5.92 Å². The van der Waals surface area contributed by atoms with Crippen molar-refractivity contribution >= 4 is 17.7 Å². The smallest absolute Gasteiger partial charge is 0.309 e. The fraction of sp³-hybridized carbons (Fsp3) is 0.467. The van der Waals surface area contributed by atoms with Crippen LogP contribution in [0.4, 0.5) is 17.6 Å². The quantitative estimate of drug-likeness (QED) is 0.263. The third-order valence-electron chi connectivity index (χ3n) is 6.27. The molecule has 2 rings (SSSR count). The molecule has 10 heteroatoms. The van der Waals surface area contributed by atoms with Gasteiger partial charge in [0.15, 0.2) is 0 Å². The Balaban J connectivity index is 2.13. The minimum absolute atomic E-state index is 0.159. The van der Waals surface area contributed by atoms with Gasteiger partial charge in [0.05, 0.1) is 0 Å². The van der Waals surface area contributed by atoms with Crippen molar-refractivity contribution in [2.75, 3.05) is 19.6 Å². The summed E-state index contributed by atoms with van der Waals surface area (Å²) in [6.45, 7) is 6.11. The number of nitrogens with one attached hydrogen (secondary N) is 2. The van der Waals surface area contributed by atoms with Crippen LogP contribution < -0.4 is 10.6 Å². The number of amides is 3. The maximum absolute atomic E-state index is 13.2. The highest BCUT2D eigenvalue weighted by atomic mass is 19.3. The lowest BCUT2D eigenvalue weighted by atomic mass is 9.95. The fourth-order valence-corrected chi connectivity index (χ4v) is 4.18. The summed E-state index contributed by atoms with van der Waals surface area (Å²) >= 11 is 0. The Morgan fingerprint density at radius 3 is 2.17 bits per heavy atom. The van der Waals surface area contributed by atoms with E-state index in [0.717, 1.165) is 18.4 Å². The van der Waals surface area contributed by atoms with Gasteiger partial charge in [-0.05, 0) is 49.4 Å². The summed E-state index contributed by atoms with van der Waals surface area (Å²) < 4.78 is 51.1. The predicted molar refractivity (Wildman–Crippen MR) is 146 cm³/mol. The van der Waals surface area contributed by atoms with E-state index in [1.54, 1.807) is 29.5 Å². The van der Waals surface area contributed by atoms with Gasteiger partial charge in [-0.3, -0.25) is 14.4 Å². The lowest BCUT2D eigenvalue weighted by molar-refractivity contribution is -0.135. The molecular weight excluding hydrogens is 526 g/mol. The number of halogens is 4. The first-order chi connectivity index (χ1) is 19.0. The molecule has 2 aromatic rings. The SMILES string of the molecule is CCCN(CCC)C(=O)c1cccc(C(=O)N[C@H]([CH]C(C)C(=O)NCCC(F)(F)C(F)F)Cc2ccccc2)c1. The maximum atomic E-state index is 13.2. The number of carbonyl (C=O) groups excluding carboxylic acids is 3. The van der Waals surface area contributed by atoms with E-state index in [2.05, 4.69) is 10.6 Å². The second-order valence-corrected chi connectivity index (χ2v) is 9.73. The van der Waals surface area contributed by atoms with Crippen molar-refractivity contribution in [1.82, 2.24) is 15.5 Å². The van der Waals surface area contributed by atoms with E-state index < -0.39 is 49.1 Å². The van der Waals surface area contributed by atoms with Gasteiger partial charge in [0.25, 0.3) is 11.8 Å². The number of rotatable bonds is 16.